The van der Waals surface area contributed by atoms with E-state index in [1.54, 1.807) is 31.3 Å². The van der Waals surface area contributed by atoms with E-state index >= 15 is 0 Å². The number of rotatable bonds is 7. The molecule has 8 heteroatoms. The van der Waals surface area contributed by atoms with Gasteiger partial charge in [-0.15, -0.1) is 0 Å². The molecule has 3 rings (SSSR count). The molecule has 0 unspecified atom stereocenters. The molecule has 2 aromatic rings. The average Bonchev–Trinajstić information content (AvgIpc) is 2.78. The molecule has 160 valence electrons. The molecule has 0 radical (unpaired) electrons. The van der Waals surface area contributed by atoms with Gasteiger partial charge in [0.15, 0.2) is 0 Å². The van der Waals surface area contributed by atoms with E-state index in [1.807, 2.05) is 30.3 Å². The van der Waals surface area contributed by atoms with Crippen LogP contribution >= 0.6 is 15.9 Å². The Bertz CT molecular complexity index is 858. The van der Waals surface area contributed by atoms with Crippen LogP contribution < -0.4 is 14.8 Å². The summed E-state index contributed by atoms with van der Waals surface area (Å²) >= 11 is 3.42. The van der Waals surface area contributed by atoms with Crippen molar-refractivity contribution in [2.75, 3.05) is 46.9 Å². The Morgan fingerprint density at radius 3 is 2.17 bits per heavy atom. The zero-order valence-electron chi connectivity index (χ0n) is 17.2. The molecule has 0 aliphatic carbocycles. The van der Waals surface area contributed by atoms with Crippen molar-refractivity contribution >= 4 is 27.7 Å². The minimum absolute atomic E-state index is 0.0130. The smallest absolute Gasteiger partial charge is 0.254 e. The first-order valence-corrected chi connectivity index (χ1v) is 10.5. The van der Waals surface area contributed by atoms with Gasteiger partial charge < -0.3 is 19.7 Å². The van der Waals surface area contributed by atoms with Crippen molar-refractivity contribution in [1.82, 2.24) is 15.1 Å². The van der Waals surface area contributed by atoms with Crippen molar-refractivity contribution in [3.63, 3.8) is 0 Å². The third-order valence-electron chi connectivity index (χ3n) is 5.05. The number of nitrogens with zero attached hydrogens (tertiary/aromatic N) is 2. The van der Waals surface area contributed by atoms with Gasteiger partial charge in [0, 0.05) is 38.3 Å². The number of hydrogen-bond acceptors (Lipinski definition) is 5. The summed E-state index contributed by atoms with van der Waals surface area (Å²) in [4.78, 5) is 29.0. The molecule has 0 saturated carbocycles. The van der Waals surface area contributed by atoms with Crippen molar-refractivity contribution in [2.45, 2.75) is 6.54 Å². The largest absolute Gasteiger partial charge is 0.495 e. The highest BCUT2D eigenvalue weighted by atomic mass is 79.9. The first-order chi connectivity index (χ1) is 14.5. The van der Waals surface area contributed by atoms with Crippen LogP contribution in [0.15, 0.2) is 46.9 Å². The maximum Gasteiger partial charge on any atom is 0.254 e. The predicted molar refractivity (Wildman–Crippen MR) is 118 cm³/mol. The minimum atomic E-state index is -0.0766. The van der Waals surface area contributed by atoms with Crippen molar-refractivity contribution < 1.29 is 19.1 Å². The van der Waals surface area contributed by atoms with Crippen molar-refractivity contribution in [3.05, 3.63) is 58.1 Å². The summed E-state index contributed by atoms with van der Waals surface area (Å²) in [6.07, 6.45) is 0. The lowest BCUT2D eigenvalue weighted by atomic mass is 10.1. The summed E-state index contributed by atoms with van der Waals surface area (Å²) in [5.74, 6) is 1.01. The third-order valence-corrected chi connectivity index (χ3v) is 5.83. The molecule has 1 heterocycles. The topological polar surface area (TPSA) is 71.1 Å². The molecular weight excluding hydrogens is 450 g/mol. The van der Waals surface area contributed by atoms with Crippen molar-refractivity contribution in [3.8, 4) is 11.5 Å². The number of ether oxygens (including phenoxy) is 2. The van der Waals surface area contributed by atoms with Gasteiger partial charge in [0.05, 0.1) is 20.8 Å². The van der Waals surface area contributed by atoms with E-state index in [2.05, 4.69) is 26.1 Å². The van der Waals surface area contributed by atoms with E-state index in [-0.39, 0.29) is 11.8 Å². The summed E-state index contributed by atoms with van der Waals surface area (Å²) in [6.45, 7) is 3.27. The number of carbonyl (C=O) groups is 2. The van der Waals surface area contributed by atoms with Crippen LogP contribution in [0.3, 0.4) is 0 Å². The highest BCUT2D eigenvalue weighted by molar-refractivity contribution is 9.10. The molecule has 1 aliphatic rings. The van der Waals surface area contributed by atoms with Crippen molar-refractivity contribution in [1.29, 1.82) is 0 Å². The Hall–Kier alpha value is -2.58. The number of halogens is 1. The summed E-state index contributed by atoms with van der Waals surface area (Å²) in [7, 11) is 3.10. The van der Waals surface area contributed by atoms with Gasteiger partial charge in [-0.2, -0.15) is 0 Å². The fraction of sp³-hybridized carbons (Fsp3) is 0.364. The van der Waals surface area contributed by atoms with Crippen molar-refractivity contribution in [2.24, 2.45) is 0 Å². The zero-order chi connectivity index (χ0) is 21.5. The number of amides is 2. The maximum absolute atomic E-state index is 12.9. The average molecular weight is 476 g/mol. The van der Waals surface area contributed by atoms with E-state index < -0.39 is 0 Å². The molecule has 0 aromatic heterocycles. The Morgan fingerprint density at radius 1 is 1.00 bits per heavy atom. The van der Waals surface area contributed by atoms with E-state index in [4.69, 9.17) is 9.47 Å². The number of nitrogens with one attached hydrogen (secondary N) is 1. The Balaban J connectivity index is 1.51. The van der Waals surface area contributed by atoms with E-state index in [0.717, 1.165) is 5.56 Å². The summed E-state index contributed by atoms with van der Waals surface area (Å²) in [6, 6.07) is 13.2. The summed E-state index contributed by atoms with van der Waals surface area (Å²) in [5, 5.41) is 2.94. The lowest BCUT2D eigenvalue weighted by Crippen LogP contribution is -2.51. The van der Waals surface area contributed by atoms with Crippen LogP contribution in [0.2, 0.25) is 0 Å². The molecule has 1 fully saturated rings. The first-order valence-electron chi connectivity index (χ1n) is 9.75. The molecule has 1 N–H and O–H groups in total. The first kappa shape index (κ1) is 22.1. The van der Waals surface area contributed by atoms with Crippen LogP contribution in [-0.4, -0.2) is 68.6 Å². The molecule has 7 nitrogen and oxygen atoms in total. The van der Waals surface area contributed by atoms with Crippen LogP contribution in [0, 0.1) is 0 Å². The Kier molecular flexibility index (Phi) is 7.70. The molecule has 2 aromatic carbocycles. The van der Waals surface area contributed by atoms with Gasteiger partial charge in [-0.05, 0) is 33.6 Å². The molecule has 0 atom stereocenters. The Labute approximate surface area is 185 Å². The van der Waals surface area contributed by atoms with Crippen LogP contribution in [-0.2, 0) is 11.3 Å². The van der Waals surface area contributed by atoms with Gasteiger partial charge in [-0.25, -0.2) is 0 Å². The van der Waals surface area contributed by atoms with E-state index in [9.17, 15) is 9.59 Å². The quantitative estimate of drug-likeness (QED) is 0.666. The van der Waals surface area contributed by atoms with E-state index in [1.165, 1.54) is 0 Å². The minimum Gasteiger partial charge on any atom is -0.495 e. The van der Waals surface area contributed by atoms with Gasteiger partial charge >= 0.3 is 0 Å². The molecular formula is C22H26BrN3O4. The van der Waals surface area contributed by atoms with Crippen LogP contribution in [0.4, 0.5) is 0 Å². The number of hydrogen-bond donors (Lipinski definition) is 1. The second kappa shape index (κ2) is 10.4. The molecule has 2 amide bonds. The van der Waals surface area contributed by atoms with Gasteiger partial charge in [0.1, 0.15) is 16.0 Å². The molecule has 0 bridgehead atoms. The van der Waals surface area contributed by atoms with Gasteiger partial charge in [0.25, 0.3) is 5.91 Å². The maximum atomic E-state index is 12.9. The second-order valence-corrected chi connectivity index (χ2v) is 7.82. The highest BCUT2D eigenvalue weighted by Crippen LogP contribution is 2.36. The molecule has 30 heavy (non-hydrogen) atoms. The second-order valence-electron chi connectivity index (χ2n) is 7.03. The van der Waals surface area contributed by atoms with Gasteiger partial charge in [-0.1, -0.05) is 30.3 Å². The highest BCUT2D eigenvalue weighted by Gasteiger charge is 2.25. The normalized spacial score (nSPS) is 14.3. The fourth-order valence-corrected chi connectivity index (χ4v) is 3.89. The number of methoxy groups -OCH3 is 2. The van der Waals surface area contributed by atoms with Crippen LogP contribution in [0.25, 0.3) is 0 Å². The molecule has 1 saturated heterocycles. The zero-order valence-corrected chi connectivity index (χ0v) is 18.8. The number of benzene rings is 2. The van der Waals surface area contributed by atoms with Gasteiger partial charge in [0.2, 0.25) is 5.91 Å². The lowest BCUT2D eigenvalue weighted by Gasteiger charge is -2.34. The monoisotopic (exact) mass is 475 g/mol. The molecule has 1 aliphatic heterocycles. The SMILES string of the molecule is COc1cc(C(=O)N2CCN(CC(=O)NCc3ccccc3)CC2)cc(OC)c1Br. The molecule has 0 spiro atoms. The fourth-order valence-electron chi connectivity index (χ4n) is 3.34. The summed E-state index contributed by atoms with van der Waals surface area (Å²) in [5.41, 5.74) is 1.59. The lowest BCUT2D eigenvalue weighted by molar-refractivity contribution is -0.122. The Morgan fingerprint density at radius 2 is 1.60 bits per heavy atom. The van der Waals surface area contributed by atoms with E-state index in [0.29, 0.717) is 60.8 Å². The number of carbonyl (C=O) groups excluding carboxylic acids is 2. The van der Waals surface area contributed by atoms with Crippen LogP contribution in [0.5, 0.6) is 11.5 Å². The number of piperazine rings is 1. The standard InChI is InChI=1S/C22H26BrN3O4/c1-29-18-12-17(13-19(30-2)21(18)23)22(28)26-10-8-25(9-11-26)15-20(27)24-14-16-6-4-3-5-7-16/h3-7,12-13H,8-11,14-15H2,1-2H3,(H,24,27). The predicted octanol–water partition coefficient (Wildman–Crippen LogP) is 2.54. The summed E-state index contributed by atoms with van der Waals surface area (Å²) < 4.78 is 11.3. The van der Waals surface area contributed by atoms with Gasteiger partial charge in [-0.3, -0.25) is 14.5 Å². The van der Waals surface area contributed by atoms with Crippen LogP contribution in [0.1, 0.15) is 15.9 Å². The third kappa shape index (κ3) is 5.52.